The Hall–Kier alpha value is -4.70. The highest BCUT2D eigenvalue weighted by Gasteiger charge is 2.19. The summed E-state index contributed by atoms with van der Waals surface area (Å²) < 4.78 is 35.6. The van der Waals surface area contributed by atoms with Gasteiger partial charge in [-0.25, -0.2) is 23.0 Å². The fraction of sp³-hybridized carbons (Fsp3) is 0.107. The lowest BCUT2D eigenvalue weighted by Crippen LogP contribution is -2.23. The van der Waals surface area contributed by atoms with Crippen molar-refractivity contribution in [2.75, 3.05) is 17.6 Å². The fourth-order valence-electron chi connectivity index (χ4n) is 4.35. The normalized spacial score (nSPS) is 11.4. The van der Waals surface area contributed by atoms with Crippen LogP contribution in [0, 0.1) is 13.8 Å². The number of nitrogens with zero attached hydrogens (tertiary/aromatic N) is 3. The van der Waals surface area contributed by atoms with Crippen LogP contribution in [0.4, 0.5) is 11.6 Å². The molecule has 0 spiro atoms. The van der Waals surface area contributed by atoms with Crippen LogP contribution in [0.2, 0.25) is 0 Å². The number of hydrogen-bond acceptors (Lipinski definition) is 7. The Morgan fingerprint density at radius 2 is 1.63 bits per heavy atom. The van der Waals surface area contributed by atoms with E-state index in [4.69, 9.17) is 10.5 Å². The second-order valence-electron chi connectivity index (χ2n) is 8.89. The van der Waals surface area contributed by atoms with Crippen LogP contribution in [0.1, 0.15) is 11.1 Å². The van der Waals surface area contributed by atoms with E-state index in [1.807, 2.05) is 38.1 Å². The van der Waals surface area contributed by atoms with E-state index in [0.29, 0.717) is 27.7 Å². The molecule has 3 N–H and O–H groups in total. The first-order chi connectivity index (χ1) is 18.2. The number of aryl methyl sites for hydroxylation is 2. The minimum Gasteiger partial charge on any atom is -0.480 e. The molecule has 0 fully saturated rings. The molecule has 0 saturated carbocycles. The Balaban J connectivity index is 1.59. The van der Waals surface area contributed by atoms with E-state index in [0.717, 1.165) is 11.1 Å². The van der Waals surface area contributed by atoms with Crippen molar-refractivity contribution < 1.29 is 13.2 Å². The Morgan fingerprint density at radius 1 is 0.921 bits per heavy atom. The lowest BCUT2D eigenvalue weighted by molar-refractivity contribution is 0.400. The van der Waals surface area contributed by atoms with Crippen LogP contribution in [-0.2, 0) is 10.0 Å². The minimum atomic E-state index is -3.92. The van der Waals surface area contributed by atoms with Crippen molar-refractivity contribution in [2.45, 2.75) is 18.7 Å². The average Bonchev–Trinajstić information content (AvgIpc) is 2.88. The molecule has 0 aliphatic heterocycles. The standard InChI is InChI=1S/C28H25N5O4S/c1-17-11-18(2)13-22(12-17)38(35,36)32-25-15-20(16-30-26(25)37-3)19-9-10-24-23(14-19)27(34)33(28(29)31-24)21-7-5-4-6-8-21/h4-16,32H,1-3H3,(H2,29,31). The van der Waals surface area contributed by atoms with Gasteiger partial charge in [-0.2, -0.15) is 0 Å². The van der Waals surface area contributed by atoms with Crippen molar-refractivity contribution in [3.63, 3.8) is 0 Å². The molecular formula is C28H25N5O4S. The number of sulfonamides is 1. The summed E-state index contributed by atoms with van der Waals surface area (Å²) >= 11 is 0. The number of nitrogens with two attached hydrogens (primary N) is 1. The smallest absolute Gasteiger partial charge is 0.267 e. The molecular weight excluding hydrogens is 502 g/mol. The third-order valence-corrected chi connectivity index (χ3v) is 7.38. The van der Waals surface area contributed by atoms with Gasteiger partial charge in [0, 0.05) is 11.8 Å². The predicted molar refractivity (Wildman–Crippen MR) is 148 cm³/mol. The first kappa shape index (κ1) is 25.0. The van der Waals surface area contributed by atoms with Crippen LogP contribution in [-0.4, -0.2) is 30.1 Å². The van der Waals surface area contributed by atoms with E-state index >= 15 is 0 Å². The van der Waals surface area contributed by atoms with Crippen LogP contribution in [0.25, 0.3) is 27.7 Å². The van der Waals surface area contributed by atoms with Gasteiger partial charge >= 0.3 is 0 Å². The maximum absolute atomic E-state index is 13.4. The fourth-order valence-corrected chi connectivity index (χ4v) is 5.58. The molecule has 192 valence electrons. The Labute approximate surface area is 219 Å². The number of nitrogens with one attached hydrogen (secondary N) is 1. The van der Waals surface area contributed by atoms with Gasteiger partial charge in [-0.3, -0.25) is 9.52 Å². The molecule has 5 rings (SSSR count). The Bertz CT molecular complexity index is 1830. The van der Waals surface area contributed by atoms with Gasteiger partial charge in [0.25, 0.3) is 15.6 Å². The van der Waals surface area contributed by atoms with Gasteiger partial charge in [0.05, 0.1) is 28.6 Å². The molecule has 38 heavy (non-hydrogen) atoms. The molecule has 0 saturated heterocycles. The van der Waals surface area contributed by atoms with Crippen LogP contribution < -0.4 is 20.8 Å². The number of methoxy groups -OCH3 is 1. The lowest BCUT2D eigenvalue weighted by atomic mass is 10.0. The number of pyridine rings is 1. The zero-order valence-corrected chi connectivity index (χ0v) is 21.8. The van der Waals surface area contributed by atoms with Crippen LogP contribution in [0.15, 0.2) is 88.7 Å². The largest absolute Gasteiger partial charge is 0.480 e. The van der Waals surface area contributed by atoms with Gasteiger partial charge < -0.3 is 10.5 Å². The van der Waals surface area contributed by atoms with Crippen molar-refractivity contribution in [3.05, 3.63) is 100 Å². The summed E-state index contributed by atoms with van der Waals surface area (Å²) in [5, 5.41) is 0.355. The number of ether oxygens (including phenoxy) is 1. The van der Waals surface area contributed by atoms with Gasteiger partial charge in [0.15, 0.2) is 0 Å². The maximum atomic E-state index is 13.4. The van der Waals surface area contributed by atoms with E-state index in [1.54, 1.807) is 54.7 Å². The monoisotopic (exact) mass is 527 g/mol. The van der Waals surface area contributed by atoms with Crippen molar-refractivity contribution in [1.29, 1.82) is 0 Å². The number of benzene rings is 3. The predicted octanol–water partition coefficient (Wildman–Crippen LogP) is 4.46. The molecule has 2 aromatic heterocycles. The van der Waals surface area contributed by atoms with E-state index in [1.165, 1.54) is 11.7 Å². The number of hydrogen-bond donors (Lipinski definition) is 2. The lowest BCUT2D eigenvalue weighted by Gasteiger charge is -2.14. The summed E-state index contributed by atoms with van der Waals surface area (Å²) in [6.45, 7) is 3.67. The maximum Gasteiger partial charge on any atom is 0.267 e. The first-order valence-corrected chi connectivity index (χ1v) is 13.2. The minimum absolute atomic E-state index is 0.0793. The molecule has 0 aliphatic rings. The third-order valence-electron chi connectivity index (χ3n) is 6.04. The van der Waals surface area contributed by atoms with Crippen LogP contribution >= 0.6 is 0 Å². The molecule has 0 atom stereocenters. The molecule has 0 amide bonds. The second kappa shape index (κ2) is 9.64. The molecule has 0 aliphatic carbocycles. The summed E-state index contributed by atoms with van der Waals surface area (Å²) in [4.78, 5) is 22.3. The molecule has 5 aromatic rings. The quantitative estimate of drug-likeness (QED) is 0.334. The summed E-state index contributed by atoms with van der Waals surface area (Å²) in [5.41, 5.74) is 9.88. The molecule has 2 heterocycles. The number of fused-ring (bicyclic) bond motifs is 1. The number of aromatic nitrogens is 3. The van der Waals surface area contributed by atoms with E-state index in [2.05, 4.69) is 14.7 Å². The summed E-state index contributed by atoms with van der Waals surface area (Å²) in [7, 11) is -2.51. The third kappa shape index (κ3) is 4.69. The Kier molecular flexibility index (Phi) is 6.33. The van der Waals surface area contributed by atoms with Gasteiger partial charge in [0.2, 0.25) is 11.8 Å². The zero-order chi connectivity index (χ0) is 27.0. The van der Waals surface area contributed by atoms with E-state index in [-0.39, 0.29) is 28.0 Å². The van der Waals surface area contributed by atoms with Crippen LogP contribution in [0.3, 0.4) is 0 Å². The molecule has 9 nitrogen and oxygen atoms in total. The number of para-hydroxylation sites is 1. The van der Waals surface area contributed by atoms with Crippen molar-refractivity contribution in [2.24, 2.45) is 0 Å². The zero-order valence-electron chi connectivity index (χ0n) is 21.0. The number of nitrogen functional groups attached to an aromatic ring is 1. The molecule has 10 heteroatoms. The van der Waals surface area contributed by atoms with Crippen molar-refractivity contribution >= 4 is 32.6 Å². The summed E-state index contributed by atoms with van der Waals surface area (Å²) in [6.07, 6.45) is 1.55. The highest BCUT2D eigenvalue weighted by molar-refractivity contribution is 7.92. The summed E-state index contributed by atoms with van der Waals surface area (Å²) in [6, 6.07) is 20.9. The second-order valence-corrected chi connectivity index (χ2v) is 10.6. The van der Waals surface area contributed by atoms with Crippen molar-refractivity contribution in [1.82, 2.24) is 14.5 Å². The molecule has 3 aromatic carbocycles. The number of rotatable bonds is 6. The summed E-state index contributed by atoms with van der Waals surface area (Å²) in [5.74, 6) is 0.194. The van der Waals surface area contributed by atoms with Gasteiger partial charge in [-0.05, 0) is 73.0 Å². The van der Waals surface area contributed by atoms with Crippen molar-refractivity contribution in [3.8, 4) is 22.7 Å². The van der Waals surface area contributed by atoms with Crippen LogP contribution in [0.5, 0.6) is 5.88 Å². The van der Waals surface area contributed by atoms with Gasteiger partial charge in [0.1, 0.15) is 5.69 Å². The molecule has 0 radical (unpaired) electrons. The topological polar surface area (TPSA) is 129 Å². The Morgan fingerprint density at radius 3 is 2.32 bits per heavy atom. The van der Waals surface area contributed by atoms with E-state index < -0.39 is 10.0 Å². The number of anilines is 2. The first-order valence-electron chi connectivity index (χ1n) is 11.7. The molecule has 0 unspecified atom stereocenters. The van der Waals surface area contributed by atoms with Gasteiger partial charge in [-0.15, -0.1) is 0 Å². The van der Waals surface area contributed by atoms with E-state index in [9.17, 15) is 13.2 Å². The SMILES string of the molecule is COc1ncc(-c2ccc3nc(N)n(-c4ccccc4)c(=O)c3c2)cc1NS(=O)(=O)c1cc(C)cc(C)c1. The molecule has 0 bridgehead atoms. The average molecular weight is 528 g/mol. The van der Waals surface area contributed by atoms with Gasteiger partial charge in [-0.1, -0.05) is 30.3 Å². The highest BCUT2D eigenvalue weighted by Crippen LogP contribution is 2.31. The highest BCUT2D eigenvalue weighted by atomic mass is 32.2.